The van der Waals surface area contributed by atoms with Gasteiger partial charge in [-0.25, -0.2) is 0 Å². The summed E-state index contributed by atoms with van der Waals surface area (Å²) in [6.45, 7) is 19.7. The first kappa shape index (κ1) is 40.1. The third-order valence-corrected chi connectivity index (χ3v) is 9.30. The molecule has 1 amide bonds. The van der Waals surface area contributed by atoms with Crippen molar-refractivity contribution in [3.8, 4) is 5.75 Å². The molecule has 2 heterocycles. The molecule has 0 saturated carbocycles. The van der Waals surface area contributed by atoms with Crippen LogP contribution in [-0.4, -0.2) is 79.0 Å². The van der Waals surface area contributed by atoms with E-state index in [0.717, 1.165) is 11.1 Å². The van der Waals surface area contributed by atoms with Crippen LogP contribution in [0, 0.1) is 27.6 Å². The molecule has 7 atom stereocenters. The standard InChI is InChI=1S/C39H57NO11/c1-36(2,3)32(42)47-20-26-28(49-33(43)37(4,5)6)29(50-34(44)38(7,8)9)30(51-35(45)39(10,11)12)31(48-26)40-25-17-21(18-27(40)41)16-22-19-23(46-13)14-15-24(22)25/h14-15,19,21,25-26,28-31H,16-18,20H2,1-13H3/t21?,25?,26-,28+,29+,30-,31-/m1/s1. The number of hydrogen-bond acceptors (Lipinski definition) is 11. The van der Waals surface area contributed by atoms with E-state index < -0.39 is 88.8 Å². The molecule has 2 bridgehead atoms. The molecular formula is C39H57NO11. The number of likely N-dealkylation sites (tertiary alicyclic amines) is 1. The van der Waals surface area contributed by atoms with Gasteiger partial charge in [0.05, 0.1) is 34.8 Å². The predicted octanol–water partition coefficient (Wildman–Crippen LogP) is 5.72. The predicted molar refractivity (Wildman–Crippen MR) is 186 cm³/mol. The Morgan fingerprint density at radius 2 is 1.24 bits per heavy atom. The van der Waals surface area contributed by atoms with E-state index in [9.17, 15) is 24.0 Å². The maximum atomic E-state index is 14.3. The van der Waals surface area contributed by atoms with Crippen LogP contribution in [-0.2, 0) is 54.1 Å². The van der Waals surface area contributed by atoms with Gasteiger partial charge in [0, 0.05) is 6.42 Å². The number of piperidine rings is 1. The van der Waals surface area contributed by atoms with Crippen molar-refractivity contribution in [1.82, 2.24) is 4.90 Å². The average molecular weight is 716 g/mol. The summed E-state index contributed by atoms with van der Waals surface area (Å²) in [5, 5.41) is 0. The molecule has 284 valence electrons. The Kier molecular flexibility index (Phi) is 11.3. The largest absolute Gasteiger partial charge is 0.497 e. The second kappa shape index (κ2) is 14.4. The summed E-state index contributed by atoms with van der Waals surface area (Å²) in [6.07, 6.45) is -5.30. The number of benzene rings is 1. The van der Waals surface area contributed by atoms with Gasteiger partial charge in [-0.15, -0.1) is 0 Å². The maximum Gasteiger partial charge on any atom is 0.311 e. The van der Waals surface area contributed by atoms with E-state index in [1.807, 2.05) is 18.2 Å². The SMILES string of the molecule is COc1ccc2c(c1)CC1CC(=O)N([C@@H]3O[C@H](COC(=O)C(C)(C)C)[C@H](OC(=O)C(C)(C)C)[C@H](OC(=O)C(C)(C)C)[C@H]3OC(=O)C(C)(C)C)C2C1. The minimum Gasteiger partial charge on any atom is -0.497 e. The molecule has 2 saturated heterocycles. The Morgan fingerprint density at radius 3 is 1.75 bits per heavy atom. The third kappa shape index (κ3) is 9.04. The van der Waals surface area contributed by atoms with Crippen LogP contribution >= 0.6 is 0 Å². The van der Waals surface area contributed by atoms with E-state index in [0.29, 0.717) is 18.6 Å². The van der Waals surface area contributed by atoms with Gasteiger partial charge in [-0.1, -0.05) is 6.07 Å². The van der Waals surface area contributed by atoms with Crippen molar-refractivity contribution in [1.29, 1.82) is 0 Å². The number of fused-ring (bicyclic) bond motifs is 4. The number of nitrogens with zero attached hydrogens (tertiary/aromatic N) is 1. The molecule has 1 aromatic carbocycles. The van der Waals surface area contributed by atoms with Crippen molar-refractivity contribution < 1.29 is 52.4 Å². The van der Waals surface area contributed by atoms with Crippen LogP contribution in [0.3, 0.4) is 0 Å². The Bertz CT molecular complexity index is 1510. The smallest absolute Gasteiger partial charge is 0.311 e. The minimum atomic E-state index is -1.45. The molecule has 0 radical (unpaired) electrons. The normalized spacial score (nSPS) is 26.8. The van der Waals surface area contributed by atoms with E-state index in [4.69, 9.17) is 28.4 Å². The fourth-order valence-electron chi connectivity index (χ4n) is 6.24. The van der Waals surface area contributed by atoms with Crippen LogP contribution in [0.2, 0.25) is 0 Å². The van der Waals surface area contributed by atoms with Crippen molar-refractivity contribution >= 4 is 29.8 Å². The lowest BCUT2D eigenvalue weighted by Gasteiger charge is -2.53. The van der Waals surface area contributed by atoms with Crippen molar-refractivity contribution in [2.45, 2.75) is 139 Å². The zero-order chi connectivity index (χ0) is 38.4. The van der Waals surface area contributed by atoms with Crippen molar-refractivity contribution in [2.75, 3.05) is 13.7 Å². The third-order valence-electron chi connectivity index (χ3n) is 9.30. The summed E-state index contributed by atoms with van der Waals surface area (Å²) in [4.78, 5) is 69.9. The average Bonchev–Trinajstić information content (AvgIpc) is 2.99. The van der Waals surface area contributed by atoms with E-state index >= 15 is 0 Å². The number of amides is 1. The van der Waals surface area contributed by atoms with Crippen LogP contribution < -0.4 is 4.74 Å². The molecule has 1 aromatic rings. The van der Waals surface area contributed by atoms with Gasteiger partial charge in [0.25, 0.3) is 0 Å². The lowest BCUT2D eigenvalue weighted by molar-refractivity contribution is -0.287. The molecule has 12 heteroatoms. The summed E-state index contributed by atoms with van der Waals surface area (Å²) >= 11 is 0. The lowest BCUT2D eigenvalue weighted by atomic mass is 9.75. The fourth-order valence-corrected chi connectivity index (χ4v) is 6.24. The second-order valence-corrected chi connectivity index (χ2v) is 18.2. The fraction of sp³-hybridized carbons (Fsp3) is 0.718. The lowest BCUT2D eigenvalue weighted by Crippen LogP contribution is -2.68. The highest BCUT2D eigenvalue weighted by molar-refractivity contribution is 5.80. The van der Waals surface area contributed by atoms with Crippen LogP contribution in [0.15, 0.2) is 18.2 Å². The first-order valence-corrected chi connectivity index (χ1v) is 17.8. The van der Waals surface area contributed by atoms with E-state index in [1.165, 1.54) is 0 Å². The molecule has 0 aromatic heterocycles. The number of methoxy groups -OCH3 is 1. The molecule has 4 rings (SSSR count). The number of rotatable bonds is 7. The monoisotopic (exact) mass is 715 g/mol. The Morgan fingerprint density at radius 1 is 0.725 bits per heavy atom. The number of carbonyl (C=O) groups is 5. The second-order valence-electron chi connectivity index (χ2n) is 18.2. The molecule has 12 nitrogen and oxygen atoms in total. The topological polar surface area (TPSA) is 144 Å². The summed E-state index contributed by atoms with van der Waals surface area (Å²) in [7, 11) is 1.60. The number of hydrogen-bond donors (Lipinski definition) is 0. The van der Waals surface area contributed by atoms with E-state index in [-0.39, 0.29) is 18.2 Å². The summed E-state index contributed by atoms with van der Waals surface area (Å²) in [5.74, 6) is -1.99. The molecule has 0 spiro atoms. The van der Waals surface area contributed by atoms with Crippen molar-refractivity contribution in [3.63, 3.8) is 0 Å². The molecule has 51 heavy (non-hydrogen) atoms. The minimum absolute atomic E-state index is 0.0519. The van der Waals surface area contributed by atoms with Gasteiger partial charge in [0.1, 0.15) is 18.5 Å². The van der Waals surface area contributed by atoms with Gasteiger partial charge in [0.2, 0.25) is 5.91 Å². The van der Waals surface area contributed by atoms with E-state index in [2.05, 4.69) is 0 Å². The van der Waals surface area contributed by atoms with Gasteiger partial charge >= 0.3 is 23.9 Å². The van der Waals surface area contributed by atoms with Gasteiger partial charge in [-0.05, 0) is 125 Å². The first-order chi connectivity index (χ1) is 23.3. The number of esters is 4. The highest BCUT2D eigenvalue weighted by atomic mass is 16.7. The quantitative estimate of drug-likeness (QED) is 0.253. The highest BCUT2D eigenvalue weighted by Gasteiger charge is 2.58. The molecule has 2 unspecified atom stereocenters. The Hall–Kier alpha value is -3.67. The summed E-state index contributed by atoms with van der Waals surface area (Å²) in [5.41, 5.74) is -1.98. The van der Waals surface area contributed by atoms with Crippen LogP contribution in [0.25, 0.3) is 0 Å². The van der Waals surface area contributed by atoms with E-state index in [1.54, 1.807) is 95.1 Å². The number of carbonyl (C=O) groups excluding carboxylic acids is 5. The molecular weight excluding hydrogens is 658 g/mol. The van der Waals surface area contributed by atoms with Gasteiger partial charge < -0.3 is 33.3 Å². The van der Waals surface area contributed by atoms with Gasteiger partial charge in [-0.3, -0.25) is 24.0 Å². The van der Waals surface area contributed by atoms with Crippen molar-refractivity contribution in [2.24, 2.45) is 27.6 Å². The number of ether oxygens (including phenoxy) is 6. The maximum absolute atomic E-state index is 14.3. The molecule has 2 aliphatic heterocycles. The Balaban J connectivity index is 1.92. The summed E-state index contributed by atoms with van der Waals surface area (Å²) < 4.78 is 36.5. The molecule has 2 fully saturated rings. The van der Waals surface area contributed by atoms with Crippen LogP contribution in [0.4, 0.5) is 0 Å². The summed E-state index contributed by atoms with van der Waals surface area (Å²) in [6, 6.07) is 5.23. The zero-order valence-corrected chi connectivity index (χ0v) is 32.5. The zero-order valence-electron chi connectivity index (χ0n) is 32.5. The van der Waals surface area contributed by atoms with Crippen molar-refractivity contribution in [3.05, 3.63) is 29.3 Å². The van der Waals surface area contributed by atoms with Crippen LogP contribution in [0.1, 0.15) is 113 Å². The highest BCUT2D eigenvalue weighted by Crippen LogP contribution is 2.47. The Labute approximate surface area is 302 Å². The molecule has 0 N–H and O–H groups in total. The van der Waals surface area contributed by atoms with Gasteiger partial charge in [-0.2, -0.15) is 0 Å². The molecule has 1 aliphatic carbocycles. The van der Waals surface area contributed by atoms with Crippen LogP contribution in [0.5, 0.6) is 5.75 Å². The first-order valence-electron chi connectivity index (χ1n) is 17.8. The molecule has 3 aliphatic rings. The van der Waals surface area contributed by atoms with Gasteiger partial charge in [0.15, 0.2) is 24.5 Å².